The molecule has 2 unspecified atom stereocenters. The second kappa shape index (κ2) is 4.23. The van der Waals surface area contributed by atoms with E-state index in [1.165, 1.54) is 24.0 Å². The Morgan fingerprint density at radius 2 is 2.27 bits per heavy atom. The van der Waals surface area contributed by atoms with Crippen molar-refractivity contribution in [2.24, 2.45) is 0 Å². The lowest BCUT2D eigenvalue weighted by atomic mass is 9.94. The zero-order valence-corrected chi connectivity index (χ0v) is 9.71. The van der Waals surface area contributed by atoms with Crippen LogP contribution in [0, 0.1) is 0 Å². The molecular weight excluding hydrogens is 186 g/mol. The van der Waals surface area contributed by atoms with Crippen LogP contribution < -0.4 is 10.1 Å². The zero-order chi connectivity index (χ0) is 10.8. The number of likely N-dealkylation sites (N-methyl/N-ethyl adjacent to an activating group) is 1. The number of hydrogen-bond acceptors (Lipinski definition) is 2. The van der Waals surface area contributed by atoms with Crippen LogP contribution in [-0.4, -0.2) is 20.2 Å². The van der Waals surface area contributed by atoms with Gasteiger partial charge >= 0.3 is 0 Å². The molecule has 0 aliphatic heterocycles. The smallest absolute Gasteiger partial charge is 0.119 e. The van der Waals surface area contributed by atoms with Crippen LogP contribution in [0.5, 0.6) is 5.75 Å². The Kier molecular flexibility index (Phi) is 2.96. The molecule has 1 aliphatic carbocycles. The molecule has 0 heterocycles. The largest absolute Gasteiger partial charge is 0.497 e. The van der Waals surface area contributed by atoms with E-state index in [0.29, 0.717) is 12.0 Å². The van der Waals surface area contributed by atoms with Gasteiger partial charge in [-0.05, 0) is 56.0 Å². The van der Waals surface area contributed by atoms with Crippen molar-refractivity contribution in [2.75, 3.05) is 14.2 Å². The average molecular weight is 205 g/mol. The van der Waals surface area contributed by atoms with Gasteiger partial charge in [0.1, 0.15) is 5.75 Å². The monoisotopic (exact) mass is 205 g/mol. The first-order chi connectivity index (χ1) is 7.26. The second-order valence-electron chi connectivity index (χ2n) is 4.29. The highest BCUT2D eigenvalue weighted by Gasteiger charge is 2.26. The van der Waals surface area contributed by atoms with Crippen molar-refractivity contribution < 1.29 is 4.74 Å². The Labute approximate surface area is 91.6 Å². The van der Waals surface area contributed by atoms with Crippen LogP contribution in [0.3, 0.4) is 0 Å². The quantitative estimate of drug-likeness (QED) is 0.817. The van der Waals surface area contributed by atoms with E-state index in [-0.39, 0.29) is 0 Å². The van der Waals surface area contributed by atoms with E-state index in [1.807, 2.05) is 7.05 Å². The van der Waals surface area contributed by atoms with Crippen molar-refractivity contribution in [3.63, 3.8) is 0 Å². The minimum atomic E-state index is 0.555. The minimum absolute atomic E-state index is 0.555. The Hall–Kier alpha value is -1.02. The van der Waals surface area contributed by atoms with Gasteiger partial charge in [-0.1, -0.05) is 6.07 Å². The minimum Gasteiger partial charge on any atom is -0.497 e. The molecule has 1 aromatic carbocycles. The van der Waals surface area contributed by atoms with Gasteiger partial charge in [-0.3, -0.25) is 0 Å². The summed E-state index contributed by atoms with van der Waals surface area (Å²) in [7, 11) is 3.76. The van der Waals surface area contributed by atoms with E-state index in [1.54, 1.807) is 7.11 Å². The predicted molar refractivity (Wildman–Crippen MR) is 62.6 cm³/mol. The van der Waals surface area contributed by atoms with E-state index in [9.17, 15) is 0 Å². The summed E-state index contributed by atoms with van der Waals surface area (Å²) >= 11 is 0. The molecule has 2 nitrogen and oxygen atoms in total. The van der Waals surface area contributed by atoms with Crippen molar-refractivity contribution >= 4 is 0 Å². The summed E-state index contributed by atoms with van der Waals surface area (Å²) in [5, 5.41) is 3.35. The summed E-state index contributed by atoms with van der Waals surface area (Å²) in [4.78, 5) is 0. The first-order valence-electron chi connectivity index (χ1n) is 5.60. The van der Waals surface area contributed by atoms with Crippen LogP contribution in [0.25, 0.3) is 0 Å². The summed E-state index contributed by atoms with van der Waals surface area (Å²) in [6.45, 7) is 2.25. The molecule has 0 aromatic heterocycles. The summed E-state index contributed by atoms with van der Waals surface area (Å²) in [5.74, 6) is 1.64. The molecule has 0 radical (unpaired) electrons. The van der Waals surface area contributed by atoms with Crippen molar-refractivity contribution in [3.8, 4) is 5.75 Å². The molecule has 0 fully saturated rings. The van der Waals surface area contributed by atoms with Crippen LogP contribution in [0.15, 0.2) is 18.2 Å². The van der Waals surface area contributed by atoms with E-state index in [2.05, 4.69) is 30.4 Å². The van der Waals surface area contributed by atoms with Gasteiger partial charge in [0.05, 0.1) is 7.11 Å². The number of rotatable bonds is 3. The van der Waals surface area contributed by atoms with Gasteiger partial charge in [0.15, 0.2) is 0 Å². The Morgan fingerprint density at radius 1 is 1.47 bits per heavy atom. The van der Waals surface area contributed by atoms with Gasteiger partial charge < -0.3 is 10.1 Å². The van der Waals surface area contributed by atoms with Gasteiger partial charge in [0.25, 0.3) is 0 Å². The fourth-order valence-electron chi connectivity index (χ4n) is 2.47. The number of nitrogens with one attached hydrogen (secondary N) is 1. The van der Waals surface area contributed by atoms with E-state index < -0.39 is 0 Å². The number of fused-ring (bicyclic) bond motifs is 1. The van der Waals surface area contributed by atoms with Crippen LogP contribution in [0.1, 0.15) is 30.4 Å². The Morgan fingerprint density at radius 3 is 2.93 bits per heavy atom. The third kappa shape index (κ3) is 1.86. The van der Waals surface area contributed by atoms with Gasteiger partial charge in [0, 0.05) is 6.04 Å². The van der Waals surface area contributed by atoms with Crippen LogP contribution in [0.4, 0.5) is 0 Å². The van der Waals surface area contributed by atoms with Crippen molar-refractivity contribution in [1.82, 2.24) is 5.32 Å². The van der Waals surface area contributed by atoms with Crippen LogP contribution in [0.2, 0.25) is 0 Å². The zero-order valence-electron chi connectivity index (χ0n) is 9.71. The number of hydrogen-bond donors (Lipinski definition) is 1. The average Bonchev–Trinajstić information content (AvgIpc) is 2.70. The van der Waals surface area contributed by atoms with Gasteiger partial charge in [0.2, 0.25) is 0 Å². The summed E-state index contributed by atoms with van der Waals surface area (Å²) in [6.07, 6.45) is 2.44. The number of aryl methyl sites for hydroxylation is 1. The molecule has 1 aromatic rings. The highest BCUT2D eigenvalue weighted by atomic mass is 16.5. The van der Waals surface area contributed by atoms with Gasteiger partial charge in [-0.2, -0.15) is 0 Å². The standard InChI is InChI=1S/C13H19NO/c1-9(14-2)12-6-4-10-8-11(15-3)5-7-13(10)12/h5,7-9,12,14H,4,6H2,1-3H3. The van der Waals surface area contributed by atoms with E-state index in [4.69, 9.17) is 4.74 Å². The van der Waals surface area contributed by atoms with E-state index >= 15 is 0 Å². The van der Waals surface area contributed by atoms with Crippen molar-refractivity contribution in [2.45, 2.75) is 31.7 Å². The maximum atomic E-state index is 5.25. The molecule has 0 amide bonds. The molecule has 1 N–H and O–H groups in total. The van der Waals surface area contributed by atoms with Gasteiger partial charge in [-0.15, -0.1) is 0 Å². The topological polar surface area (TPSA) is 21.3 Å². The Bertz CT molecular complexity index is 348. The summed E-state index contributed by atoms with van der Waals surface area (Å²) in [6, 6.07) is 7.02. The summed E-state index contributed by atoms with van der Waals surface area (Å²) < 4.78 is 5.25. The molecule has 1 aliphatic rings. The number of methoxy groups -OCH3 is 1. The maximum Gasteiger partial charge on any atom is 0.119 e. The lowest BCUT2D eigenvalue weighted by Crippen LogP contribution is -2.27. The van der Waals surface area contributed by atoms with Crippen LogP contribution >= 0.6 is 0 Å². The fraction of sp³-hybridized carbons (Fsp3) is 0.538. The number of ether oxygens (including phenoxy) is 1. The lowest BCUT2D eigenvalue weighted by Gasteiger charge is -2.19. The molecular formula is C13H19NO. The Balaban J connectivity index is 2.28. The van der Waals surface area contributed by atoms with Crippen molar-refractivity contribution in [3.05, 3.63) is 29.3 Å². The van der Waals surface area contributed by atoms with Crippen LogP contribution in [-0.2, 0) is 6.42 Å². The molecule has 0 saturated carbocycles. The molecule has 0 spiro atoms. The molecule has 82 valence electrons. The highest BCUT2D eigenvalue weighted by Crippen LogP contribution is 2.37. The molecule has 2 rings (SSSR count). The third-order valence-corrected chi connectivity index (χ3v) is 3.53. The first kappa shape index (κ1) is 10.5. The molecule has 2 heteroatoms. The highest BCUT2D eigenvalue weighted by molar-refractivity contribution is 5.41. The first-order valence-corrected chi connectivity index (χ1v) is 5.60. The molecule has 0 bridgehead atoms. The number of benzene rings is 1. The maximum absolute atomic E-state index is 5.25. The summed E-state index contributed by atoms with van der Waals surface area (Å²) in [5.41, 5.74) is 2.96. The van der Waals surface area contributed by atoms with Crippen molar-refractivity contribution in [1.29, 1.82) is 0 Å². The van der Waals surface area contributed by atoms with E-state index in [0.717, 1.165) is 5.75 Å². The lowest BCUT2D eigenvalue weighted by molar-refractivity contribution is 0.414. The normalized spacial score (nSPS) is 21.1. The molecule has 0 saturated heterocycles. The predicted octanol–water partition coefficient (Wildman–Crippen LogP) is 2.33. The second-order valence-corrected chi connectivity index (χ2v) is 4.29. The van der Waals surface area contributed by atoms with Gasteiger partial charge in [-0.25, -0.2) is 0 Å². The third-order valence-electron chi connectivity index (χ3n) is 3.53. The fourth-order valence-corrected chi connectivity index (χ4v) is 2.47. The molecule has 2 atom stereocenters. The SMILES string of the molecule is CNC(C)C1CCc2cc(OC)ccc21. The molecule has 15 heavy (non-hydrogen) atoms.